The van der Waals surface area contributed by atoms with Crippen LogP contribution in [0, 0.1) is 24.1 Å². The maximum absolute atomic E-state index is 13.1. The van der Waals surface area contributed by atoms with E-state index < -0.39 is 5.91 Å². The highest BCUT2D eigenvalue weighted by Crippen LogP contribution is 2.44. The van der Waals surface area contributed by atoms with Crippen LogP contribution in [-0.4, -0.2) is 18.0 Å². The summed E-state index contributed by atoms with van der Waals surface area (Å²) in [6, 6.07) is 11.7. The van der Waals surface area contributed by atoms with Crippen molar-refractivity contribution in [2.24, 2.45) is 0 Å². The van der Waals surface area contributed by atoms with Gasteiger partial charge in [-0.05, 0) is 99.2 Å². The number of halogens is 1. The van der Waals surface area contributed by atoms with Crippen molar-refractivity contribution in [3.05, 3.63) is 64.5 Å². The van der Waals surface area contributed by atoms with E-state index in [-0.39, 0.29) is 16.9 Å². The van der Waals surface area contributed by atoms with Crippen LogP contribution in [0.4, 0.5) is 15.8 Å². The molecule has 30 heavy (non-hydrogen) atoms. The smallest absolute Gasteiger partial charge is 0.266 e. The largest absolute Gasteiger partial charge is 0.366 e. The average molecular weight is 406 g/mol. The third kappa shape index (κ3) is 4.23. The SMILES string of the molecule is CCN1c2cc(C)c(/C=C(/C#N)C(=O)Nc3ccc(F)cc3)cc2C(C)CC1(C)C. The Morgan fingerprint density at radius 2 is 2.00 bits per heavy atom. The molecule has 1 aliphatic heterocycles. The van der Waals surface area contributed by atoms with Gasteiger partial charge >= 0.3 is 0 Å². The number of hydrogen-bond acceptors (Lipinski definition) is 3. The number of nitriles is 1. The standard InChI is InChI=1S/C25H28FN3O/c1-6-29-23-11-16(2)18(13-22(23)17(3)14-25(29,4)5)12-19(15-27)24(30)28-21-9-7-20(26)8-10-21/h7-13,17H,6,14H2,1-5H3,(H,28,30)/b19-12-. The van der Waals surface area contributed by atoms with Crippen molar-refractivity contribution in [2.75, 3.05) is 16.8 Å². The van der Waals surface area contributed by atoms with Gasteiger partial charge in [-0.2, -0.15) is 5.26 Å². The van der Waals surface area contributed by atoms with E-state index in [0.717, 1.165) is 24.1 Å². The van der Waals surface area contributed by atoms with E-state index in [1.807, 2.05) is 13.0 Å². The second kappa shape index (κ2) is 8.31. The Morgan fingerprint density at radius 3 is 2.60 bits per heavy atom. The first-order chi connectivity index (χ1) is 14.2. The minimum atomic E-state index is -0.509. The molecule has 0 radical (unpaired) electrons. The molecule has 156 valence electrons. The molecule has 0 fully saturated rings. The molecule has 4 nitrogen and oxygen atoms in total. The van der Waals surface area contributed by atoms with E-state index in [2.05, 4.69) is 50.0 Å². The molecule has 2 aromatic rings. The van der Waals surface area contributed by atoms with E-state index >= 15 is 0 Å². The molecule has 0 aliphatic carbocycles. The van der Waals surface area contributed by atoms with Crippen LogP contribution in [0.1, 0.15) is 56.7 Å². The van der Waals surface area contributed by atoms with Crippen molar-refractivity contribution in [3.8, 4) is 6.07 Å². The summed E-state index contributed by atoms with van der Waals surface area (Å²) in [7, 11) is 0. The van der Waals surface area contributed by atoms with Crippen molar-refractivity contribution in [3.63, 3.8) is 0 Å². The second-order valence-electron chi connectivity index (χ2n) is 8.56. The lowest BCUT2D eigenvalue weighted by molar-refractivity contribution is -0.112. The van der Waals surface area contributed by atoms with Crippen LogP contribution in [0.2, 0.25) is 0 Å². The molecule has 0 saturated carbocycles. The summed E-state index contributed by atoms with van der Waals surface area (Å²) >= 11 is 0. The fraction of sp³-hybridized carbons (Fsp3) is 0.360. The maximum Gasteiger partial charge on any atom is 0.266 e. The minimum Gasteiger partial charge on any atom is -0.366 e. The molecule has 1 aliphatic rings. The Bertz CT molecular complexity index is 1030. The Hall–Kier alpha value is -3.13. The predicted octanol–water partition coefficient (Wildman–Crippen LogP) is 5.79. The zero-order valence-electron chi connectivity index (χ0n) is 18.2. The van der Waals surface area contributed by atoms with Crippen LogP contribution in [0.3, 0.4) is 0 Å². The van der Waals surface area contributed by atoms with E-state index in [1.165, 1.54) is 35.5 Å². The van der Waals surface area contributed by atoms with Gasteiger partial charge in [0.25, 0.3) is 5.91 Å². The number of fused-ring (bicyclic) bond motifs is 1. The molecule has 1 amide bonds. The van der Waals surface area contributed by atoms with Gasteiger partial charge < -0.3 is 10.2 Å². The van der Waals surface area contributed by atoms with E-state index in [0.29, 0.717) is 11.6 Å². The molecular weight excluding hydrogens is 377 g/mol. The van der Waals surface area contributed by atoms with E-state index in [4.69, 9.17) is 0 Å². The van der Waals surface area contributed by atoms with Crippen LogP contribution in [0.5, 0.6) is 0 Å². The first kappa shape index (κ1) is 21.6. The lowest BCUT2D eigenvalue weighted by Crippen LogP contribution is -2.48. The molecule has 3 rings (SSSR count). The molecule has 1 atom stereocenters. The molecule has 0 bridgehead atoms. The van der Waals surface area contributed by atoms with Gasteiger partial charge in [0.15, 0.2) is 0 Å². The minimum absolute atomic E-state index is 0.0125. The number of hydrogen-bond donors (Lipinski definition) is 1. The monoisotopic (exact) mass is 405 g/mol. The Morgan fingerprint density at radius 1 is 1.33 bits per heavy atom. The molecule has 0 saturated heterocycles. The highest BCUT2D eigenvalue weighted by molar-refractivity contribution is 6.09. The maximum atomic E-state index is 13.1. The third-order valence-electron chi connectivity index (χ3n) is 5.86. The Kier molecular flexibility index (Phi) is 5.98. The number of carbonyl (C=O) groups excluding carboxylic acids is 1. The van der Waals surface area contributed by atoms with Crippen LogP contribution in [0.15, 0.2) is 42.0 Å². The van der Waals surface area contributed by atoms with Gasteiger partial charge in [0.1, 0.15) is 17.5 Å². The number of amides is 1. The number of nitrogens with one attached hydrogen (secondary N) is 1. The van der Waals surface area contributed by atoms with Crippen LogP contribution in [-0.2, 0) is 4.79 Å². The molecule has 1 heterocycles. The number of rotatable bonds is 4. The first-order valence-electron chi connectivity index (χ1n) is 10.3. The number of nitrogens with zero attached hydrogens (tertiary/aromatic N) is 2. The van der Waals surface area contributed by atoms with E-state index in [1.54, 1.807) is 6.08 Å². The van der Waals surface area contributed by atoms with Crippen molar-refractivity contribution < 1.29 is 9.18 Å². The van der Waals surface area contributed by atoms with Gasteiger partial charge in [-0.3, -0.25) is 4.79 Å². The average Bonchev–Trinajstić information content (AvgIpc) is 2.68. The summed E-state index contributed by atoms with van der Waals surface area (Å²) < 4.78 is 13.1. The molecule has 1 N–H and O–H groups in total. The van der Waals surface area contributed by atoms with Gasteiger partial charge in [0, 0.05) is 23.5 Å². The summed E-state index contributed by atoms with van der Waals surface area (Å²) in [4.78, 5) is 15.0. The lowest BCUT2D eigenvalue weighted by atomic mass is 9.79. The number of benzene rings is 2. The van der Waals surface area contributed by atoms with Crippen molar-refractivity contribution in [1.82, 2.24) is 0 Å². The Labute approximate surface area is 178 Å². The molecule has 2 aromatic carbocycles. The quantitative estimate of drug-likeness (QED) is 0.517. The number of aryl methyl sites for hydroxylation is 1. The van der Waals surface area contributed by atoms with Gasteiger partial charge in [-0.25, -0.2) is 4.39 Å². The first-order valence-corrected chi connectivity index (χ1v) is 10.3. The van der Waals surface area contributed by atoms with Gasteiger partial charge in [0.2, 0.25) is 0 Å². The number of anilines is 2. The number of carbonyl (C=O) groups is 1. The molecule has 1 unspecified atom stereocenters. The highest BCUT2D eigenvalue weighted by Gasteiger charge is 2.35. The second-order valence-corrected chi connectivity index (χ2v) is 8.56. The topological polar surface area (TPSA) is 56.1 Å². The fourth-order valence-electron chi connectivity index (χ4n) is 4.44. The summed E-state index contributed by atoms with van der Waals surface area (Å²) in [5.74, 6) is -0.512. The summed E-state index contributed by atoms with van der Waals surface area (Å²) in [6.07, 6.45) is 2.67. The van der Waals surface area contributed by atoms with Crippen LogP contribution in [0.25, 0.3) is 6.08 Å². The molecule has 0 aromatic heterocycles. The normalized spacial score (nSPS) is 17.8. The van der Waals surface area contributed by atoms with Crippen LogP contribution < -0.4 is 10.2 Å². The zero-order chi connectivity index (χ0) is 22.1. The molecule has 0 spiro atoms. The van der Waals surface area contributed by atoms with Gasteiger partial charge in [0.05, 0.1) is 0 Å². The van der Waals surface area contributed by atoms with Gasteiger partial charge in [-0.1, -0.05) is 6.92 Å². The van der Waals surface area contributed by atoms with E-state index in [9.17, 15) is 14.4 Å². The molecular formula is C25H28FN3O. The third-order valence-corrected chi connectivity index (χ3v) is 5.86. The lowest BCUT2D eigenvalue weighted by Gasteiger charge is -2.47. The van der Waals surface area contributed by atoms with Crippen LogP contribution >= 0.6 is 0 Å². The Balaban J connectivity index is 1.96. The van der Waals surface area contributed by atoms with Gasteiger partial charge in [-0.15, -0.1) is 0 Å². The van der Waals surface area contributed by atoms with Crippen molar-refractivity contribution in [1.29, 1.82) is 5.26 Å². The predicted molar refractivity (Wildman–Crippen MR) is 120 cm³/mol. The summed E-state index contributed by atoms with van der Waals surface area (Å²) in [5.41, 5.74) is 4.88. The fourth-order valence-corrected chi connectivity index (χ4v) is 4.44. The molecule has 5 heteroatoms. The van der Waals surface area contributed by atoms with Crippen molar-refractivity contribution >= 4 is 23.4 Å². The van der Waals surface area contributed by atoms with Crippen molar-refractivity contribution in [2.45, 2.75) is 52.5 Å². The highest BCUT2D eigenvalue weighted by atomic mass is 19.1. The summed E-state index contributed by atoms with van der Waals surface area (Å²) in [5, 5.41) is 12.2. The summed E-state index contributed by atoms with van der Waals surface area (Å²) in [6.45, 7) is 11.9. The zero-order valence-corrected chi connectivity index (χ0v) is 18.2.